The first-order valence-corrected chi connectivity index (χ1v) is 5.85. The molecule has 0 bridgehead atoms. The number of fused-ring (bicyclic) bond motifs is 1. The van der Waals surface area contributed by atoms with E-state index in [1.54, 1.807) is 23.5 Å². The summed E-state index contributed by atoms with van der Waals surface area (Å²) in [5, 5.41) is 11.4. The van der Waals surface area contributed by atoms with E-state index in [2.05, 4.69) is 28.3 Å². The summed E-state index contributed by atoms with van der Waals surface area (Å²) >= 11 is 1.67. The van der Waals surface area contributed by atoms with E-state index in [1.165, 1.54) is 5.56 Å². The van der Waals surface area contributed by atoms with Crippen molar-refractivity contribution >= 4 is 22.4 Å². The van der Waals surface area contributed by atoms with Gasteiger partial charge in [0.25, 0.3) is 0 Å². The summed E-state index contributed by atoms with van der Waals surface area (Å²) in [4.78, 5) is 8.87. The first kappa shape index (κ1) is 9.42. The molecule has 2 heterocycles. The van der Waals surface area contributed by atoms with E-state index in [1.807, 2.05) is 6.07 Å². The molecular weight excluding hydrogens is 220 g/mol. The van der Waals surface area contributed by atoms with E-state index in [0.717, 1.165) is 21.7 Å². The van der Waals surface area contributed by atoms with Crippen molar-refractivity contribution in [1.82, 2.24) is 9.97 Å². The Hall–Kier alpha value is -1.81. The second kappa shape index (κ2) is 3.35. The number of aromatic hydroxyl groups is 1. The van der Waals surface area contributed by atoms with Crippen LogP contribution in [0.25, 0.3) is 21.7 Å². The maximum Gasteiger partial charge on any atom is 0.148 e. The molecule has 0 spiro atoms. The Bertz CT molecular complexity index is 654. The zero-order chi connectivity index (χ0) is 11.1. The molecule has 3 aromatic rings. The summed E-state index contributed by atoms with van der Waals surface area (Å²) in [7, 11) is 0. The van der Waals surface area contributed by atoms with Gasteiger partial charge in [-0.1, -0.05) is 0 Å². The number of hydrogen-bond donors (Lipinski definition) is 2. The predicted octanol–water partition coefficient (Wildman–Crippen LogP) is 3.31. The highest BCUT2D eigenvalue weighted by Gasteiger charge is 2.08. The number of aromatic nitrogens is 2. The molecule has 0 fully saturated rings. The van der Waals surface area contributed by atoms with Crippen LogP contribution in [0.3, 0.4) is 0 Å². The SMILES string of the molecule is Cc1ccsc1-c1nc2ccc(O)cc2[nH]1. The number of aryl methyl sites for hydroxylation is 1. The summed E-state index contributed by atoms with van der Waals surface area (Å²) in [5.41, 5.74) is 2.96. The third-order valence-corrected chi connectivity index (χ3v) is 3.57. The Kier molecular flexibility index (Phi) is 1.97. The van der Waals surface area contributed by atoms with Crippen LogP contribution in [0.5, 0.6) is 5.75 Å². The number of nitrogens with one attached hydrogen (secondary N) is 1. The van der Waals surface area contributed by atoms with Crippen LogP contribution in [0, 0.1) is 6.92 Å². The Balaban J connectivity index is 2.23. The molecule has 4 heteroatoms. The van der Waals surface area contributed by atoms with Crippen molar-refractivity contribution in [3.05, 3.63) is 35.2 Å². The summed E-state index contributed by atoms with van der Waals surface area (Å²) in [6.45, 7) is 2.07. The quantitative estimate of drug-likeness (QED) is 0.673. The Labute approximate surface area is 96.4 Å². The van der Waals surface area contributed by atoms with Gasteiger partial charge >= 0.3 is 0 Å². The maximum absolute atomic E-state index is 9.38. The highest BCUT2D eigenvalue weighted by molar-refractivity contribution is 7.13. The summed E-state index contributed by atoms with van der Waals surface area (Å²) in [6.07, 6.45) is 0. The number of H-pyrrole nitrogens is 1. The zero-order valence-corrected chi connectivity index (χ0v) is 9.51. The zero-order valence-electron chi connectivity index (χ0n) is 8.69. The van der Waals surface area contributed by atoms with Gasteiger partial charge in [-0.25, -0.2) is 4.98 Å². The van der Waals surface area contributed by atoms with Crippen molar-refractivity contribution in [2.75, 3.05) is 0 Å². The number of thiophene rings is 1. The van der Waals surface area contributed by atoms with Crippen LogP contribution in [0.2, 0.25) is 0 Å². The Morgan fingerprint density at radius 3 is 2.94 bits per heavy atom. The highest BCUT2D eigenvalue weighted by Crippen LogP contribution is 2.29. The average Bonchev–Trinajstić information content (AvgIpc) is 2.82. The number of phenolic OH excluding ortho intramolecular Hbond substituents is 1. The van der Waals surface area contributed by atoms with E-state index in [9.17, 15) is 5.11 Å². The van der Waals surface area contributed by atoms with E-state index < -0.39 is 0 Å². The molecule has 0 amide bonds. The lowest BCUT2D eigenvalue weighted by molar-refractivity contribution is 0.476. The van der Waals surface area contributed by atoms with Crippen LogP contribution in [-0.4, -0.2) is 15.1 Å². The van der Waals surface area contributed by atoms with Crippen molar-refractivity contribution < 1.29 is 5.11 Å². The van der Waals surface area contributed by atoms with E-state index in [0.29, 0.717) is 0 Å². The molecule has 0 aliphatic heterocycles. The Morgan fingerprint density at radius 2 is 2.19 bits per heavy atom. The minimum atomic E-state index is 0.255. The number of imidazole rings is 1. The van der Waals surface area contributed by atoms with Crippen molar-refractivity contribution in [2.24, 2.45) is 0 Å². The fourth-order valence-corrected chi connectivity index (χ4v) is 2.59. The van der Waals surface area contributed by atoms with Gasteiger partial charge in [-0.05, 0) is 36.1 Å². The normalized spacial score (nSPS) is 11.1. The summed E-state index contributed by atoms with van der Waals surface area (Å²) < 4.78 is 0. The number of aromatic amines is 1. The van der Waals surface area contributed by atoms with Gasteiger partial charge in [0.05, 0.1) is 15.9 Å². The molecule has 3 nitrogen and oxygen atoms in total. The molecule has 0 aliphatic carbocycles. The molecule has 0 radical (unpaired) electrons. The number of benzene rings is 1. The van der Waals surface area contributed by atoms with Crippen molar-refractivity contribution in [3.8, 4) is 16.5 Å². The van der Waals surface area contributed by atoms with Crippen LogP contribution in [0.1, 0.15) is 5.56 Å². The standard InChI is InChI=1S/C12H10N2OS/c1-7-4-5-16-11(7)12-13-9-3-2-8(15)6-10(9)14-12/h2-6,15H,1H3,(H,13,14). The van der Waals surface area contributed by atoms with Gasteiger partial charge in [-0.15, -0.1) is 11.3 Å². The van der Waals surface area contributed by atoms with Crippen LogP contribution >= 0.6 is 11.3 Å². The second-order valence-corrected chi connectivity index (χ2v) is 4.64. The first-order chi connectivity index (χ1) is 7.74. The fraction of sp³-hybridized carbons (Fsp3) is 0.0833. The maximum atomic E-state index is 9.38. The molecule has 80 valence electrons. The minimum Gasteiger partial charge on any atom is -0.508 e. The minimum absolute atomic E-state index is 0.255. The topological polar surface area (TPSA) is 48.9 Å². The molecule has 0 saturated carbocycles. The highest BCUT2D eigenvalue weighted by atomic mass is 32.1. The summed E-state index contributed by atoms with van der Waals surface area (Å²) in [6, 6.07) is 7.22. The van der Waals surface area contributed by atoms with E-state index in [4.69, 9.17) is 0 Å². The predicted molar refractivity (Wildman–Crippen MR) is 65.8 cm³/mol. The molecule has 0 atom stereocenters. The third-order valence-electron chi connectivity index (χ3n) is 2.54. The molecule has 1 aromatic carbocycles. The van der Waals surface area contributed by atoms with Gasteiger partial charge in [-0.2, -0.15) is 0 Å². The van der Waals surface area contributed by atoms with Crippen molar-refractivity contribution in [1.29, 1.82) is 0 Å². The fourth-order valence-electron chi connectivity index (χ4n) is 1.72. The molecule has 3 rings (SSSR count). The molecule has 0 saturated heterocycles. The van der Waals surface area contributed by atoms with Gasteiger partial charge < -0.3 is 10.1 Å². The van der Waals surface area contributed by atoms with Crippen LogP contribution in [0.4, 0.5) is 0 Å². The first-order valence-electron chi connectivity index (χ1n) is 4.97. The number of phenols is 1. The lowest BCUT2D eigenvalue weighted by atomic mass is 10.3. The van der Waals surface area contributed by atoms with Gasteiger partial charge in [0.15, 0.2) is 0 Å². The average molecular weight is 230 g/mol. The van der Waals surface area contributed by atoms with Crippen LogP contribution in [-0.2, 0) is 0 Å². The van der Waals surface area contributed by atoms with Crippen molar-refractivity contribution in [3.63, 3.8) is 0 Å². The second-order valence-electron chi connectivity index (χ2n) is 3.72. The number of rotatable bonds is 1. The summed E-state index contributed by atoms with van der Waals surface area (Å²) in [5.74, 6) is 1.12. The van der Waals surface area contributed by atoms with Gasteiger partial charge in [0.1, 0.15) is 11.6 Å². The largest absolute Gasteiger partial charge is 0.508 e. The number of nitrogens with zero attached hydrogens (tertiary/aromatic N) is 1. The van der Waals surface area contributed by atoms with Crippen molar-refractivity contribution in [2.45, 2.75) is 6.92 Å². The lowest BCUT2D eigenvalue weighted by Gasteiger charge is -1.91. The monoisotopic (exact) mass is 230 g/mol. The molecule has 2 aromatic heterocycles. The third kappa shape index (κ3) is 1.39. The van der Waals surface area contributed by atoms with Gasteiger partial charge in [-0.3, -0.25) is 0 Å². The lowest BCUT2D eigenvalue weighted by Crippen LogP contribution is -1.77. The van der Waals surface area contributed by atoms with Gasteiger partial charge in [0, 0.05) is 6.07 Å². The molecule has 16 heavy (non-hydrogen) atoms. The Morgan fingerprint density at radius 1 is 1.31 bits per heavy atom. The van der Waals surface area contributed by atoms with Crippen LogP contribution in [0.15, 0.2) is 29.6 Å². The molecular formula is C12H10N2OS. The smallest absolute Gasteiger partial charge is 0.148 e. The van der Waals surface area contributed by atoms with E-state index >= 15 is 0 Å². The molecule has 0 unspecified atom stereocenters. The molecule has 0 aliphatic rings. The van der Waals surface area contributed by atoms with Crippen LogP contribution < -0.4 is 0 Å². The van der Waals surface area contributed by atoms with E-state index in [-0.39, 0.29) is 5.75 Å². The number of hydrogen-bond acceptors (Lipinski definition) is 3. The van der Waals surface area contributed by atoms with Gasteiger partial charge in [0.2, 0.25) is 0 Å². The molecule has 2 N–H and O–H groups in total.